The fraction of sp³-hybridized carbons (Fsp3) is 0.917. The van der Waals surface area contributed by atoms with Crippen LogP contribution in [-0.4, -0.2) is 46.3 Å². The van der Waals surface area contributed by atoms with Crippen molar-refractivity contribution in [3.05, 3.63) is 0 Å². The molecule has 1 atom stereocenters. The molecule has 0 aromatic rings. The van der Waals surface area contributed by atoms with E-state index in [0.717, 1.165) is 51.6 Å². The maximum Gasteiger partial charge on any atom is 0.323 e. The minimum atomic E-state index is -0.694. The van der Waals surface area contributed by atoms with Crippen molar-refractivity contribution >= 4 is 5.97 Å². The lowest BCUT2D eigenvalue weighted by atomic mass is 9.99. The second kappa shape index (κ2) is 6.21. The third-order valence-corrected chi connectivity index (χ3v) is 3.59. The van der Waals surface area contributed by atoms with Crippen molar-refractivity contribution in [3.8, 4) is 0 Å². The van der Waals surface area contributed by atoms with Gasteiger partial charge in [-0.15, -0.1) is 0 Å². The molecule has 1 saturated heterocycles. The third-order valence-electron chi connectivity index (χ3n) is 3.59. The standard InChI is InChI=1S/C12H23NO3/c1-12(11(15)16)7-6-9-13(12)8-4-2-3-5-10-14/h14H,2-10H2,1H3,(H,15,16). The van der Waals surface area contributed by atoms with Crippen LogP contribution >= 0.6 is 0 Å². The molecule has 0 radical (unpaired) electrons. The molecule has 1 fully saturated rings. The molecule has 1 aliphatic rings. The van der Waals surface area contributed by atoms with Crippen LogP contribution in [0, 0.1) is 0 Å². The molecule has 0 aromatic heterocycles. The zero-order valence-electron chi connectivity index (χ0n) is 10.1. The third kappa shape index (κ3) is 3.19. The number of unbranched alkanes of at least 4 members (excludes halogenated alkanes) is 3. The maximum absolute atomic E-state index is 11.2. The first-order valence-electron chi connectivity index (χ1n) is 6.20. The lowest BCUT2D eigenvalue weighted by molar-refractivity contribution is -0.148. The number of carbonyl (C=O) groups is 1. The minimum Gasteiger partial charge on any atom is -0.480 e. The summed E-state index contributed by atoms with van der Waals surface area (Å²) in [6.07, 6.45) is 5.75. The van der Waals surface area contributed by atoms with E-state index in [-0.39, 0.29) is 6.61 Å². The molecule has 94 valence electrons. The molecule has 1 heterocycles. The summed E-state index contributed by atoms with van der Waals surface area (Å²) >= 11 is 0. The quantitative estimate of drug-likeness (QED) is 0.649. The average Bonchev–Trinajstić information content (AvgIpc) is 2.61. The molecular weight excluding hydrogens is 206 g/mol. The summed E-state index contributed by atoms with van der Waals surface area (Å²) in [6, 6.07) is 0. The van der Waals surface area contributed by atoms with Crippen molar-refractivity contribution in [1.29, 1.82) is 0 Å². The molecule has 2 N–H and O–H groups in total. The second-order valence-corrected chi connectivity index (χ2v) is 4.81. The van der Waals surface area contributed by atoms with Gasteiger partial charge in [-0.1, -0.05) is 12.8 Å². The smallest absolute Gasteiger partial charge is 0.323 e. The van der Waals surface area contributed by atoms with E-state index in [1.54, 1.807) is 0 Å². The van der Waals surface area contributed by atoms with Gasteiger partial charge in [0.15, 0.2) is 0 Å². The van der Waals surface area contributed by atoms with Crippen LogP contribution in [-0.2, 0) is 4.79 Å². The molecule has 4 nitrogen and oxygen atoms in total. The van der Waals surface area contributed by atoms with E-state index in [0.29, 0.717) is 0 Å². The molecule has 0 bridgehead atoms. The largest absolute Gasteiger partial charge is 0.480 e. The van der Waals surface area contributed by atoms with Gasteiger partial charge in [0.25, 0.3) is 0 Å². The number of likely N-dealkylation sites (tertiary alicyclic amines) is 1. The minimum absolute atomic E-state index is 0.260. The van der Waals surface area contributed by atoms with Crippen molar-refractivity contribution in [1.82, 2.24) is 4.90 Å². The van der Waals surface area contributed by atoms with Crippen LogP contribution in [0.4, 0.5) is 0 Å². The number of carboxylic acid groups (broad SMARTS) is 1. The zero-order valence-corrected chi connectivity index (χ0v) is 10.1. The number of aliphatic hydroxyl groups excluding tert-OH is 1. The Morgan fingerprint density at radius 1 is 1.31 bits per heavy atom. The lowest BCUT2D eigenvalue weighted by Gasteiger charge is -2.31. The second-order valence-electron chi connectivity index (χ2n) is 4.81. The van der Waals surface area contributed by atoms with Crippen LogP contribution in [0.3, 0.4) is 0 Å². The van der Waals surface area contributed by atoms with Crippen molar-refractivity contribution in [3.63, 3.8) is 0 Å². The topological polar surface area (TPSA) is 60.8 Å². The molecule has 1 rings (SSSR count). The summed E-state index contributed by atoms with van der Waals surface area (Å²) in [5.74, 6) is -0.694. The van der Waals surface area contributed by atoms with Gasteiger partial charge in [0.2, 0.25) is 0 Å². The normalized spacial score (nSPS) is 26.1. The van der Waals surface area contributed by atoms with Gasteiger partial charge in [0.05, 0.1) is 0 Å². The van der Waals surface area contributed by atoms with Gasteiger partial charge in [-0.05, 0) is 45.7 Å². The summed E-state index contributed by atoms with van der Waals surface area (Å²) in [5.41, 5.74) is -0.642. The summed E-state index contributed by atoms with van der Waals surface area (Å²) in [7, 11) is 0. The van der Waals surface area contributed by atoms with Crippen LogP contribution < -0.4 is 0 Å². The average molecular weight is 229 g/mol. The predicted octanol–water partition coefficient (Wildman–Crippen LogP) is 1.48. The molecular formula is C12H23NO3. The van der Waals surface area contributed by atoms with Crippen LogP contribution in [0.25, 0.3) is 0 Å². The first kappa shape index (κ1) is 13.5. The van der Waals surface area contributed by atoms with Crippen LogP contribution in [0.15, 0.2) is 0 Å². The summed E-state index contributed by atoms with van der Waals surface area (Å²) in [5, 5.41) is 17.9. The number of rotatable bonds is 7. The number of aliphatic carboxylic acids is 1. The van der Waals surface area contributed by atoms with E-state index in [4.69, 9.17) is 5.11 Å². The Labute approximate surface area is 97.3 Å². The molecule has 1 aliphatic heterocycles. The molecule has 0 aliphatic carbocycles. The SMILES string of the molecule is CC1(C(=O)O)CCCN1CCCCCCO. The van der Waals surface area contributed by atoms with Crippen molar-refractivity contribution in [2.75, 3.05) is 19.7 Å². The maximum atomic E-state index is 11.2. The zero-order chi connectivity index (χ0) is 12.0. The van der Waals surface area contributed by atoms with Gasteiger partial charge in [0.1, 0.15) is 5.54 Å². The predicted molar refractivity (Wildman–Crippen MR) is 62.4 cm³/mol. The molecule has 0 saturated carbocycles. The van der Waals surface area contributed by atoms with Crippen molar-refractivity contribution < 1.29 is 15.0 Å². The summed E-state index contributed by atoms with van der Waals surface area (Å²) in [4.78, 5) is 13.3. The first-order chi connectivity index (χ1) is 7.61. The van der Waals surface area contributed by atoms with Crippen LogP contribution in [0.1, 0.15) is 45.4 Å². The van der Waals surface area contributed by atoms with Gasteiger partial charge in [-0.25, -0.2) is 0 Å². The number of hydrogen-bond acceptors (Lipinski definition) is 3. The van der Waals surface area contributed by atoms with E-state index < -0.39 is 11.5 Å². The van der Waals surface area contributed by atoms with Crippen molar-refractivity contribution in [2.45, 2.75) is 51.0 Å². The fourth-order valence-corrected chi connectivity index (χ4v) is 2.39. The highest BCUT2D eigenvalue weighted by Crippen LogP contribution is 2.29. The van der Waals surface area contributed by atoms with Gasteiger partial charge >= 0.3 is 5.97 Å². The Morgan fingerprint density at radius 3 is 2.62 bits per heavy atom. The summed E-state index contributed by atoms with van der Waals surface area (Å²) in [6.45, 7) is 3.86. The highest BCUT2D eigenvalue weighted by Gasteiger charge is 2.42. The Kier molecular flexibility index (Phi) is 5.22. The molecule has 0 aromatic carbocycles. The molecule has 0 amide bonds. The number of carboxylic acids is 1. The van der Waals surface area contributed by atoms with Gasteiger partial charge in [-0.3, -0.25) is 9.69 Å². The van der Waals surface area contributed by atoms with Gasteiger partial charge in [0, 0.05) is 6.61 Å². The molecule has 0 spiro atoms. The Bertz CT molecular complexity index is 232. The monoisotopic (exact) mass is 229 g/mol. The van der Waals surface area contributed by atoms with Gasteiger partial charge < -0.3 is 10.2 Å². The van der Waals surface area contributed by atoms with Crippen LogP contribution in [0.5, 0.6) is 0 Å². The Hall–Kier alpha value is -0.610. The number of nitrogens with zero attached hydrogens (tertiary/aromatic N) is 1. The number of hydrogen-bond donors (Lipinski definition) is 2. The van der Waals surface area contributed by atoms with Gasteiger partial charge in [-0.2, -0.15) is 0 Å². The first-order valence-corrected chi connectivity index (χ1v) is 6.20. The van der Waals surface area contributed by atoms with E-state index in [9.17, 15) is 9.90 Å². The van der Waals surface area contributed by atoms with E-state index in [1.165, 1.54) is 0 Å². The van der Waals surface area contributed by atoms with Crippen LogP contribution in [0.2, 0.25) is 0 Å². The highest BCUT2D eigenvalue weighted by atomic mass is 16.4. The number of aliphatic hydroxyl groups is 1. The molecule has 16 heavy (non-hydrogen) atoms. The van der Waals surface area contributed by atoms with E-state index in [1.807, 2.05) is 6.92 Å². The molecule has 4 heteroatoms. The summed E-state index contributed by atoms with van der Waals surface area (Å²) < 4.78 is 0. The Balaban J connectivity index is 2.28. The molecule has 1 unspecified atom stereocenters. The lowest BCUT2D eigenvalue weighted by Crippen LogP contribution is -2.48. The fourth-order valence-electron chi connectivity index (χ4n) is 2.39. The van der Waals surface area contributed by atoms with E-state index in [2.05, 4.69) is 4.90 Å². The Morgan fingerprint density at radius 2 is 2.00 bits per heavy atom. The van der Waals surface area contributed by atoms with Crippen molar-refractivity contribution in [2.24, 2.45) is 0 Å². The highest BCUT2D eigenvalue weighted by molar-refractivity contribution is 5.78. The van der Waals surface area contributed by atoms with E-state index >= 15 is 0 Å².